The van der Waals surface area contributed by atoms with E-state index in [4.69, 9.17) is 16.3 Å². The molecule has 0 amide bonds. The number of carbonyl (C=O) groups is 1. The lowest BCUT2D eigenvalue weighted by molar-refractivity contribution is -0.131. The van der Waals surface area contributed by atoms with Crippen molar-refractivity contribution in [1.82, 2.24) is 4.31 Å². The Morgan fingerprint density at radius 1 is 1.00 bits per heavy atom. The molecule has 0 radical (unpaired) electrons. The van der Waals surface area contributed by atoms with E-state index in [0.717, 1.165) is 38.5 Å². The van der Waals surface area contributed by atoms with Crippen molar-refractivity contribution in [2.75, 3.05) is 13.1 Å². The molecular formula is C22H28ClNO4S. The molecule has 1 heterocycles. The van der Waals surface area contributed by atoms with Gasteiger partial charge in [-0.25, -0.2) is 13.2 Å². The molecule has 4 aliphatic carbocycles. The summed E-state index contributed by atoms with van der Waals surface area (Å²) in [5, 5.41) is 0.155. The van der Waals surface area contributed by atoms with Crippen molar-refractivity contribution in [2.45, 2.75) is 68.3 Å². The number of rotatable bonds is 4. The van der Waals surface area contributed by atoms with E-state index < -0.39 is 16.0 Å². The summed E-state index contributed by atoms with van der Waals surface area (Å²) in [4.78, 5) is 13.0. The summed E-state index contributed by atoms with van der Waals surface area (Å²) in [6.07, 6.45) is 9.43. The summed E-state index contributed by atoms with van der Waals surface area (Å²) in [6, 6.07) is 4.50. The van der Waals surface area contributed by atoms with Crippen LogP contribution in [-0.4, -0.2) is 37.4 Å². The SMILES string of the molecule is O=C(OC12CC3CC(CC(C3)C1)C2)c1ccc(Cl)c(S(=O)(=O)N2CCCCC2)c1. The number of carbonyl (C=O) groups excluding carboxylic acids is 1. The third-order valence-electron chi connectivity index (χ3n) is 7.39. The smallest absolute Gasteiger partial charge is 0.338 e. The number of nitrogens with zero attached hydrogens (tertiary/aromatic N) is 1. The van der Waals surface area contributed by atoms with Gasteiger partial charge in [-0.05, 0) is 87.3 Å². The number of hydrogen-bond donors (Lipinski definition) is 0. The Bertz CT molecular complexity index is 887. The second-order valence-electron chi connectivity index (χ2n) is 9.60. The first-order valence-corrected chi connectivity index (χ1v) is 12.7. The lowest BCUT2D eigenvalue weighted by Gasteiger charge is -2.55. The van der Waals surface area contributed by atoms with Crippen LogP contribution in [0.1, 0.15) is 68.1 Å². The molecule has 4 saturated carbocycles. The molecule has 5 aliphatic rings. The minimum absolute atomic E-state index is 0.0148. The minimum atomic E-state index is -3.71. The maximum absolute atomic E-state index is 13.1. The molecule has 0 unspecified atom stereocenters. The Kier molecular flexibility index (Phi) is 4.95. The zero-order valence-corrected chi connectivity index (χ0v) is 18.2. The number of halogens is 1. The Balaban J connectivity index is 1.39. The molecule has 7 heteroatoms. The molecule has 1 saturated heterocycles. The van der Waals surface area contributed by atoms with Crippen LogP contribution in [0.2, 0.25) is 5.02 Å². The minimum Gasteiger partial charge on any atom is -0.455 e. The maximum atomic E-state index is 13.1. The molecular weight excluding hydrogens is 410 g/mol. The first-order chi connectivity index (χ1) is 13.8. The summed E-state index contributed by atoms with van der Waals surface area (Å²) in [5.41, 5.74) is -0.0714. The van der Waals surface area contributed by atoms with E-state index in [9.17, 15) is 13.2 Å². The highest BCUT2D eigenvalue weighted by atomic mass is 35.5. The summed E-state index contributed by atoms with van der Waals surface area (Å²) in [7, 11) is -3.71. The highest BCUT2D eigenvalue weighted by molar-refractivity contribution is 7.89. The Morgan fingerprint density at radius 2 is 1.59 bits per heavy atom. The molecule has 1 aliphatic heterocycles. The van der Waals surface area contributed by atoms with Crippen LogP contribution in [0.4, 0.5) is 0 Å². The van der Waals surface area contributed by atoms with Gasteiger partial charge in [0.25, 0.3) is 0 Å². The number of ether oxygens (including phenoxy) is 1. The zero-order chi connectivity index (χ0) is 20.2. The number of esters is 1. The van der Waals surface area contributed by atoms with Crippen molar-refractivity contribution in [2.24, 2.45) is 17.8 Å². The Hall–Kier alpha value is -1.11. The Morgan fingerprint density at radius 3 is 2.17 bits per heavy atom. The number of benzene rings is 1. The highest BCUT2D eigenvalue weighted by Crippen LogP contribution is 2.57. The second kappa shape index (κ2) is 7.24. The highest BCUT2D eigenvalue weighted by Gasteiger charge is 2.53. The van der Waals surface area contributed by atoms with Crippen LogP contribution in [-0.2, 0) is 14.8 Å². The van der Waals surface area contributed by atoms with Gasteiger partial charge in [0.2, 0.25) is 10.0 Å². The summed E-state index contributed by atoms with van der Waals surface area (Å²) in [6.45, 7) is 1.00. The van der Waals surface area contributed by atoms with E-state index in [-0.39, 0.29) is 21.1 Å². The molecule has 158 valence electrons. The second-order valence-corrected chi connectivity index (χ2v) is 11.9. The molecule has 5 nitrogen and oxygen atoms in total. The average molecular weight is 438 g/mol. The molecule has 29 heavy (non-hydrogen) atoms. The lowest BCUT2D eigenvalue weighted by Crippen LogP contribution is -2.52. The normalized spacial score (nSPS) is 34.3. The molecule has 0 N–H and O–H groups in total. The number of piperidine rings is 1. The van der Waals surface area contributed by atoms with Gasteiger partial charge in [0.15, 0.2) is 0 Å². The number of sulfonamides is 1. The fraction of sp³-hybridized carbons (Fsp3) is 0.682. The Labute approximate surface area is 177 Å². The van der Waals surface area contributed by atoms with Gasteiger partial charge in [-0.2, -0.15) is 4.31 Å². The van der Waals surface area contributed by atoms with Gasteiger partial charge in [-0.15, -0.1) is 0 Å². The third-order valence-corrected chi connectivity index (χ3v) is 9.77. The van der Waals surface area contributed by atoms with Crippen molar-refractivity contribution in [1.29, 1.82) is 0 Å². The third kappa shape index (κ3) is 3.61. The summed E-state index contributed by atoms with van der Waals surface area (Å²) in [5.74, 6) is 1.61. The molecule has 1 aromatic carbocycles. The van der Waals surface area contributed by atoms with E-state index in [1.54, 1.807) is 6.07 Å². The van der Waals surface area contributed by atoms with Crippen LogP contribution in [0.3, 0.4) is 0 Å². The standard InChI is InChI=1S/C22H28ClNO4S/c23-19-5-4-18(11-20(19)29(26,27)24-6-2-1-3-7-24)21(25)28-22-12-15-8-16(13-22)10-17(9-15)14-22/h4-5,11,15-17H,1-3,6-10,12-14H2. The predicted octanol–water partition coefficient (Wildman–Crippen LogP) is 4.64. The van der Waals surface area contributed by atoms with E-state index in [1.165, 1.54) is 35.7 Å². The van der Waals surface area contributed by atoms with Gasteiger partial charge in [-0.3, -0.25) is 0 Å². The fourth-order valence-electron chi connectivity index (χ4n) is 6.48. The molecule has 0 aromatic heterocycles. The van der Waals surface area contributed by atoms with Crippen LogP contribution in [0.5, 0.6) is 0 Å². The van der Waals surface area contributed by atoms with E-state index in [2.05, 4.69) is 0 Å². The maximum Gasteiger partial charge on any atom is 0.338 e. The monoisotopic (exact) mass is 437 g/mol. The van der Waals surface area contributed by atoms with Crippen molar-refractivity contribution in [3.63, 3.8) is 0 Å². The topological polar surface area (TPSA) is 63.7 Å². The van der Waals surface area contributed by atoms with Gasteiger partial charge in [0.1, 0.15) is 10.5 Å². The molecule has 5 fully saturated rings. The number of hydrogen-bond acceptors (Lipinski definition) is 4. The van der Waals surface area contributed by atoms with Gasteiger partial charge in [0.05, 0.1) is 10.6 Å². The van der Waals surface area contributed by atoms with Gasteiger partial charge >= 0.3 is 5.97 Å². The molecule has 0 atom stereocenters. The van der Waals surface area contributed by atoms with Gasteiger partial charge in [-0.1, -0.05) is 18.0 Å². The first kappa shape index (κ1) is 19.8. The van der Waals surface area contributed by atoms with Crippen molar-refractivity contribution in [3.05, 3.63) is 28.8 Å². The lowest BCUT2D eigenvalue weighted by atomic mass is 9.54. The van der Waals surface area contributed by atoms with Gasteiger partial charge < -0.3 is 4.74 Å². The van der Waals surface area contributed by atoms with Gasteiger partial charge in [0, 0.05) is 13.1 Å². The largest absolute Gasteiger partial charge is 0.455 e. The molecule has 1 aromatic rings. The quantitative estimate of drug-likeness (QED) is 0.643. The van der Waals surface area contributed by atoms with Crippen molar-refractivity contribution in [3.8, 4) is 0 Å². The van der Waals surface area contributed by atoms with Crippen molar-refractivity contribution < 1.29 is 17.9 Å². The van der Waals surface area contributed by atoms with E-state index in [0.29, 0.717) is 30.8 Å². The van der Waals surface area contributed by atoms with Crippen LogP contribution < -0.4 is 0 Å². The average Bonchev–Trinajstić information content (AvgIpc) is 2.67. The van der Waals surface area contributed by atoms with Crippen molar-refractivity contribution >= 4 is 27.6 Å². The van der Waals surface area contributed by atoms with Crippen LogP contribution in [0.15, 0.2) is 23.1 Å². The van der Waals surface area contributed by atoms with Crippen LogP contribution >= 0.6 is 11.6 Å². The van der Waals surface area contributed by atoms with E-state index in [1.807, 2.05) is 0 Å². The molecule has 6 rings (SSSR count). The summed E-state index contributed by atoms with van der Waals surface area (Å²) >= 11 is 6.25. The molecule has 4 bridgehead atoms. The predicted molar refractivity (Wildman–Crippen MR) is 110 cm³/mol. The fourth-order valence-corrected chi connectivity index (χ4v) is 8.50. The zero-order valence-electron chi connectivity index (χ0n) is 16.6. The molecule has 0 spiro atoms. The van der Waals surface area contributed by atoms with E-state index >= 15 is 0 Å². The van der Waals surface area contributed by atoms with Crippen LogP contribution in [0, 0.1) is 17.8 Å². The van der Waals surface area contributed by atoms with Crippen LogP contribution in [0.25, 0.3) is 0 Å². The summed E-state index contributed by atoms with van der Waals surface area (Å²) < 4.78 is 33.7. The first-order valence-electron chi connectivity index (χ1n) is 10.9.